The molecule has 1 aliphatic rings. The Morgan fingerprint density at radius 1 is 1.21 bits per heavy atom. The molecule has 2 rings (SSSR count). The van der Waals surface area contributed by atoms with Crippen molar-refractivity contribution in [1.29, 1.82) is 0 Å². The molecule has 1 fully saturated rings. The van der Waals surface area contributed by atoms with Gasteiger partial charge in [-0.15, -0.1) is 6.58 Å². The summed E-state index contributed by atoms with van der Waals surface area (Å²) in [6.07, 6.45) is 9.31. The Kier molecular flexibility index (Phi) is 5.96. The zero-order valence-corrected chi connectivity index (χ0v) is 11.7. The van der Waals surface area contributed by atoms with Crippen molar-refractivity contribution in [3.05, 3.63) is 42.5 Å². The van der Waals surface area contributed by atoms with Crippen LogP contribution in [0.15, 0.2) is 36.9 Å². The van der Waals surface area contributed by atoms with Crippen LogP contribution in [0.1, 0.15) is 44.1 Å². The number of hydrogen-bond donors (Lipinski definition) is 1. The maximum atomic E-state index is 5.90. The van der Waals surface area contributed by atoms with Gasteiger partial charge in [-0.25, -0.2) is 0 Å². The van der Waals surface area contributed by atoms with Crippen LogP contribution in [0, 0.1) is 0 Å². The van der Waals surface area contributed by atoms with Gasteiger partial charge in [0.2, 0.25) is 0 Å². The number of hydrogen-bond acceptors (Lipinski definition) is 2. The van der Waals surface area contributed by atoms with Crippen LogP contribution in [0.25, 0.3) is 0 Å². The van der Waals surface area contributed by atoms with E-state index in [1.165, 1.54) is 31.2 Å². The fourth-order valence-electron chi connectivity index (χ4n) is 2.08. The van der Waals surface area contributed by atoms with Gasteiger partial charge in [-0.2, -0.15) is 0 Å². The molecule has 1 aromatic carbocycles. The second-order valence-electron chi connectivity index (χ2n) is 5.25. The normalized spacial score (nSPS) is 14.3. The van der Waals surface area contributed by atoms with Crippen LogP contribution in [0.2, 0.25) is 0 Å². The zero-order valence-electron chi connectivity index (χ0n) is 11.7. The highest BCUT2D eigenvalue weighted by atomic mass is 16.5. The third-order valence-corrected chi connectivity index (χ3v) is 3.44. The van der Waals surface area contributed by atoms with Crippen molar-refractivity contribution in [3.63, 3.8) is 0 Å². The van der Waals surface area contributed by atoms with Crippen LogP contribution < -0.4 is 10.1 Å². The van der Waals surface area contributed by atoms with Gasteiger partial charge in [-0.1, -0.05) is 24.3 Å². The highest BCUT2D eigenvalue weighted by Crippen LogP contribution is 2.22. The summed E-state index contributed by atoms with van der Waals surface area (Å²) in [6.45, 7) is 5.48. The van der Waals surface area contributed by atoms with E-state index in [1.807, 2.05) is 12.1 Å². The molecular formula is C17H25NO. The lowest BCUT2D eigenvalue weighted by atomic mass is 10.2. The van der Waals surface area contributed by atoms with E-state index in [0.29, 0.717) is 0 Å². The molecule has 0 aromatic heterocycles. The number of ether oxygens (including phenoxy) is 1. The van der Waals surface area contributed by atoms with E-state index < -0.39 is 0 Å². The zero-order chi connectivity index (χ0) is 13.3. The number of para-hydroxylation sites is 1. The van der Waals surface area contributed by atoms with Crippen molar-refractivity contribution in [2.24, 2.45) is 0 Å². The van der Waals surface area contributed by atoms with Crippen molar-refractivity contribution >= 4 is 0 Å². The van der Waals surface area contributed by atoms with E-state index in [2.05, 4.69) is 30.1 Å². The van der Waals surface area contributed by atoms with Crippen LogP contribution in [0.5, 0.6) is 5.75 Å². The van der Waals surface area contributed by atoms with Crippen LogP contribution in [0.4, 0.5) is 0 Å². The lowest BCUT2D eigenvalue weighted by molar-refractivity contribution is 0.301. The monoisotopic (exact) mass is 259 g/mol. The van der Waals surface area contributed by atoms with E-state index >= 15 is 0 Å². The molecule has 104 valence electrons. The molecule has 2 heteroatoms. The van der Waals surface area contributed by atoms with E-state index in [1.54, 1.807) is 0 Å². The molecule has 0 saturated heterocycles. The van der Waals surface area contributed by atoms with Gasteiger partial charge in [0.15, 0.2) is 0 Å². The Balaban J connectivity index is 1.70. The summed E-state index contributed by atoms with van der Waals surface area (Å²) < 4.78 is 5.90. The first-order chi connectivity index (χ1) is 9.40. The molecule has 0 unspecified atom stereocenters. The smallest absolute Gasteiger partial charge is 0.123 e. The maximum absolute atomic E-state index is 5.90. The lowest BCUT2D eigenvalue weighted by Crippen LogP contribution is -2.16. The van der Waals surface area contributed by atoms with E-state index in [-0.39, 0.29) is 0 Å². The molecule has 0 atom stereocenters. The molecule has 0 radical (unpaired) electrons. The van der Waals surface area contributed by atoms with Gasteiger partial charge in [0, 0.05) is 18.2 Å². The number of benzene rings is 1. The molecule has 2 nitrogen and oxygen atoms in total. The van der Waals surface area contributed by atoms with Gasteiger partial charge in [0.05, 0.1) is 6.61 Å². The first-order valence-corrected chi connectivity index (χ1v) is 7.45. The molecule has 0 aliphatic heterocycles. The summed E-state index contributed by atoms with van der Waals surface area (Å²) in [7, 11) is 0. The molecule has 1 saturated carbocycles. The second-order valence-corrected chi connectivity index (χ2v) is 5.25. The summed E-state index contributed by atoms with van der Waals surface area (Å²) in [5.74, 6) is 1.04. The predicted molar refractivity (Wildman–Crippen MR) is 80.5 cm³/mol. The van der Waals surface area contributed by atoms with Crippen molar-refractivity contribution in [2.45, 2.75) is 51.1 Å². The molecule has 19 heavy (non-hydrogen) atoms. The molecule has 0 heterocycles. The summed E-state index contributed by atoms with van der Waals surface area (Å²) in [5, 5.41) is 3.54. The summed E-state index contributed by atoms with van der Waals surface area (Å²) in [5.41, 5.74) is 1.28. The highest BCUT2D eigenvalue weighted by Gasteiger charge is 2.20. The van der Waals surface area contributed by atoms with Crippen molar-refractivity contribution < 1.29 is 4.74 Å². The first kappa shape index (κ1) is 14.1. The van der Waals surface area contributed by atoms with Gasteiger partial charge in [0.25, 0.3) is 0 Å². The first-order valence-electron chi connectivity index (χ1n) is 7.45. The third kappa shape index (κ3) is 5.48. The Bertz CT molecular complexity index is 385. The van der Waals surface area contributed by atoms with Gasteiger partial charge in [-0.05, 0) is 44.6 Å². The molecular weight excluding hydrogens is 234 g/mol. The second kappa shape index (κ2) is 8.00. The van der Waals surface area contributed by atoms with E-state index in [9.17, 15) is 0 Å². The standard InChI is InChI=1S/C17H25NO/c1-2-3-4-5-8-13-19-17-10-7-6-9-15(17)14-18-16-11-12-16/h2,6-7,9-10,16,18H,1,3-5,8,11-14H2. The van der Waals surface area contributed by atoms with Crippen LogP contribution >= 0.6 is 0 Å². The van der Waals surface area contributed by atoms with Gasteiger partial charge in [0.1, 0.15) is 5.75 Å². The van der Waals surface area contributed by atoms with Gasteiger partial charge in [-0.3, -0.25) is 0 Å². The minimum atomic E-state index is 0.743. The predicted octanol–water partition coefficient (Wildman–Crippen LogP) is 4.06. The number of unbranched alkanes of at least 4 members (excludes halogenated alkanes) is 3. The van der Waals surface area contributed by atoms with Crippen molar-refractivity contribution in [2.75, 3.05) is 6.61 Å². The molecule has 1 aromatic rings. The third-order valence-electron chi connectivity index (χ3n) is 3.44. The average Bonchev–Trinajstić information content (AvgIpc) is 3.25. The van der Waals surface area contributed by atoms with Crippen LogP contribution in [-0.2, 0) is 6.54 Å². The van der Waals surface area contributed by atoms with Gasteiger partial charge < -0.3 is 10.1 Å². The summed E-state index contributed by atoms with van der Waals surface area (Å²) >= 11 is 0. The summed E-state index contributed by atoms with van der Waals surface area (Å²) in [6, 6.07) is 9.11. The molecule has 0 bridgehead atoms. The quantitative estimate of drug-likeness (QED) is 0.505. The molecule has 0 spiro atoms. The fourth-order valence-corrected chi connectivity index (χ4v) is 2.08. The number of allylic oxidation sites excluding steroid dienone is 1. The molecule has 1 aliphatic carbocycles. The van der Waals surface area contributed by atoms with E-state index in [0.717, 1.165) is 37.8 Å². The fraction of sp³-hybridized carbons (Fsp3) is 0.529. The topological polar surface area (TPSA) is 21.3 Å². The Hall–Kier alpha value is -1.28. The molecule has 0 amide bonds. The number of rotatable bonds is 10. The Labute approximate surface area is 116 Å². The van der Waals surface area contributed by atoms with Gasteiger partial charge >= 0.3 is 0 Å². The Morgan fingerprint density at radius 3 is 2.84 bits per heavy atom. The highest BCUT2D eigenvalue weighted by molar-refractivity contribution is 5.33. The van der Waals surface area contributed by atoms with Crippen LogP contribution in [-0.4, -0.2) is 12.6 Å². The maximum Gasteiger partial charge on any atom is 0.123 e. The van der Waals surface area contributed by atoms with Crippen LogP contribution in [0.3, 0.4) is 0 Å². The lowest BCUT2D eigenvalue weighted by Gasteiger charge is -2.11. The SMILES string of the molecule is C=CCCCCCOc1ccccc1CNC1CC1. The molecule has 1 N–H and O–H groups in total. The van der Waals surface area contributed by atoms with Crippen molar-refractivity contribution in [3.8, 4) is 5.75 Å². The average molecular weight is 259 g/mol. The minimum Gasteiger partial charge on any atom is -0.493 e. The van der Waals surface area contributed by atoms with E-state index in [4.69, 9.17) is 4.74 Å². The summed E-state index contributed by atoms with van der Waals surface area (Å²) in [4.78, 5) is 0. The minimum absolute atomic E-state index is 0.743. The number of nitrogens with one attached hydrogen (secondary N) is 1. The largest absolute Gasteiger partial charge is 0.493 e. The van der Waals surface area contributed by atoms with Crippen molar-refractivity contribution in [1.82, 2.24) is 5.32 Å². The Morgan fingerprint density at radius 2 is 2.05 bits per heavy atom.